The highest BCUT2D eigenvalue weighted by Crippen LogP contribution is 2.27. The van der Waals surface area contributed by atoms with E-state index >= 15 is 0 Å². The van der Waals surface area contributed by atoms with Crippen LogP contribution in [0.2, 0.25) is 0 Å². The molecule has 0 spiro atoms. The molecule has 1 aromatic carbocycles. The fourth-order valence-electron chi connectivity index (χ4n) is 1.67. The Morgan fingerprint density at radius 2 is 2.20 bits per heavy atom. The first-order valence-electron chi connectivity index (χ1n) is 4.95. The molecule has 76 valence electrons. The van der Waals surface area contributed by atoms with Crippen molar-refractivity contribution in [2.75, 3.05) is 0 Å². The van der Waals surface area contributed by atoms with E-state index in [-0.39, 0.29) is 5.92 Å². The van der Waals surface area contributed by atoms with E-state index in [0.717, 1.165) is 15.8 Å². The molecule has 1 unspecified atom stereocenters. The Balaban J connectivity index is 2.47. The van der Waals surface area contributed by atoms with E-state index in [1.54, 1.807) is 11.3 Å². The van der Waals surface area contributed by atoms with Gasteiger partial charge in [0.05, 0.1) is 27.7 Å². The van der Waals surface area contributed by atoms with Crippen LogP contribution >= 0.6 is 11.3 Å². The number of thiazole rings is 1. The van der Waals surface area contributed by atoms with E-state index in [4.69, 9.17) is 5.26 Å². The fraction of sp³-hybridized carbons (Fsp3) is 0.333. The van der Waals surface area contributed by atoms with Gasteiger partial charge < -0.3 is 0 Å². The van der Waals surface area contributed by atoms with Crippen LogP contribution in [-0.4, -0.2) is 4.98 Å². The molecule has 0 aliphatic heterocycles. The van der Waals surface area contributed by atoms with Crippen molar-refractivity contribution in [3.05, 3.63) is 29.3 Å². The van der Waals surface area contributed by atoms with Gasteiger partial charge in [-0.3, -0.25) is 0 Å². The highest BCUT2D eigenvalue weighted by atomic mass is 32.1. The average molecular weight is 216 g/mol. The van der Waals surface area contributed by atoms with Crippen molar-refractivity contribution >= 4 is 21.6 Å². The number of hydrogen-bond donors (Lipinski definition) is 0. The first kappa shape index (κ1) is 10.1. The van der Waals surface area contributed by atoms with E-state index in [0.29, 0.717) is 5.92 Å². The summed E-state index contributed by atoms with van der Waals surface area (Å²) in [7, 11) is 0. The van der Waals surface area contributed by atoms with E-state index in [2.05, 4.69) is 31.0 Å². The van der Waals surface area contributed by atoms with Crippen LogP contribution in [0.3, 0.4) is 0 Å². The first-order valence-corrected chi connectivity index (χ1v) is 5.83. The number of nitrogens with zero attached hydrogens (tertiary/aromatic N) is 2. The molecule has 0 aliphatic rings. The molecule has 0 radical (unpaired) electrons. The molecule has 1 aromatic heterocycles. The molecule has 15 heavy (non-hydrogen) atoms. The van der Waals surface area contributed by atoms with Crippen LogP contribution in [0.25, 0.3) is 10.2 Å². The second kappa shape index (κ2) is 4.00. The SMILES string of the molecule is CC(C)C(C#N)c1ccc2ncsc2c1. The van der Waals surface area contributed by atoms with Gasteiger partial charge in [-0.2, -0.15) is 5.26 Å². The number of rotatable bonds is 2. The zero-order chi connectivity index (χ0) is 10.8. The number of fused-ring (bicyclic) bond motifs is 1. The predicted octanol–water partition coefficient (Wildman–Crippen LogP) is 3.56. The average Bonchev–Trinajstić information content (AvgIpc) is 2.65. The topological polar surface area (TPSA) is 36.7 Å². The molecule has 0 aliphatic carbocycles. The Morgan fingerprint density at radius 3 is 2.87 bits per heavy atom. The zero-order valence-corrected chi connectivity index (χ0v) is 9.58. The van der Waals surface area contributed by atoms with Crippen LogP contribution < -0.4 is 0 Å². The summed E-state index contributed by atoms with van der Waals surface area (Å²) >= 11 is 1.62. The predicted molar refractivity (Wildman–Crippen MR) is 62.8 cm³/mol. The first-order chi connectivity index (χ1) is 7.22. The third kappa shape index (κ3) is 1.86. The summed E-state index contributed by atoms with van der Waals surface area (Å²) in [4.78, 5) is 4.23. The minimum atomic E-state index is -0.0171. The summed E-state index contributed by atoms with van der Waals surface area (Å²) in [5.41, 5.74) is 3.96. The van der Waals surface area contributed by atoms with Gasteiger partial charge in [0.1, 0.15) is 0 Å². The van der Waals surface area contributed by atoms with Crippen LogP contribution in [0, 0.1) is 17.2 Å². The summed E-state index contributed by atoms with van der Waals surface area (Å²) in [5.74, 6) is 0.330. The van der Waals surface area contributed by atoms with Gasteiger partial charge in [0.2, 0.25) is 0 Å². The van der Waals surface area contributed by atoms with Gasteiger partial charge in [-0.05, 0) is 23.6 Å². The van der Waals surface area contributed by atoms with Gasteiger partial charge in [0, 0.05) is 0 Å². The molecule has 0 N–H and O–H groups in total. The van der Waals surface area contributed by atoms with Crippen LogP contribution in [0.4, 0.5) is 0 Å². The summed E-state index contributed by atoms with van der Waals surface area (Å²) in [6.07, 6.45) is 0. The lowest BCUT2D eigenvalue weighted by Crippen LogP contribution is -2.03. The van der Waals surface area contributed by atoms with Crippen LogP contribution in [-0.2, 0) is 0 Å². The molecule has 1 heterocycles. The quantitative estimate of drug-likeness (QED) is 0.769. The fourth-order valence-corrected chi connectivity index (χ4v) is 2.40. The maximum Gasteiger partial charge on any atom is 0.0812 e. The molecule has 1 atom stereocenters. The lowest BCUT2D eigenvalue weighted by molar-refractivity contribution is 0.588. The van der Waals surface area contributed by atoms with Crippen LogP contribution in [0.5, 0.6) is 0 Å². The number of benzene rings is 1. The number of aromatic nitrogens is 1. The van der Waals surface area contributed by atoms with Gasteiger partial charge in [-0.15, -0.1) is 11.3 Å². The largest absolute Gasteiger partial charge is 0.245 e. The molecular formula is C12H12N2S. The summed E-state index contributed by atoms with van der Waals surface area (Å²) in [6.45, 7) is 4.15. The van der Waals surface area contributed by atoms with E-state index in [1.165, 1.54) is 0 Å². The normalized spacial score (nSPS) is 12.9. The maximum atomic E-state index is 9.11. The van der Waals surface area contributed by atoms with E-state index in [1.807, 2.05) is 17.6 Å². The van der Waals surface area contributed by atoms with Crippen molar-refractivity contribution in [1.82, 2.24) is 4.98 Å². The van der Waals surface area contributed by atoms with Gasteiger partial charge in [-0.1, -0.05) is 19.9 Å². The Bertz CT molecular complexity index is 508. The molecule has 2 rings (SSSR count). The van der Waals surface area contributed by atoms with Crippen molar-refractivity contribution in [3.8, 4) is 6.07 Å². The molecule has 2 nitrogen and oxygen atoms in total. The third-order valence-corrected chi connectivity index (χ3v) is 3.31. The molecule has 0 saturated heterocycles. The van der Waals surface area contributed by atoms with Crippen molar-refractivity contribution in [1.29, 1.82) is 5.26 Å². The van der Waals surface area contributed by atoms with Crippen molar-refractivity contribution in [2.24, 2.45) is 5.92 Å². The zero-order valence-electron chi connectivity index (χ0n) is 8.77. The Morgan fingerprint density at radius 1 is 1.40 bits per heavy atom. The highest BCUT2D eigenvalue weighted by Gasteiger charge is 2.15. The molecule has 2 aromatic rings. The van der Waals surface area contributed by atoms with Gasteiger partial charge >= 0.3 is 0 Å². The lowest BCUT2D eigenvalue weighted by atomic mass is 9.90. The Kier molecular flexibility index (Phi) is 2.70. The minimum absolute atomic E-state index is 0.0171. The monoisotopic (exact) mass is 216 g/mol. The minimum Gasteiger partial charge on any atom is -0.245 e. The van der Waals surface area contributed by atoms with Crippen molar-refractivity contribution in [2.45, 2.75) is 19.8 Å². The molecular weight excluding hydrogens is 204 g/mol. The lowest BCUT2D eigenvalue weighted by Gasteiger charge is -2.12. The molecule has 0 saturated carbocycles. The molecule has 0 bridgehead atoms. The highest BCUT2D eigenvalue weighted by molar-refractivity contribution is 7.16. The second-order valence-electron chi connectivity index (χ2n) is 3.93. The Hall–Kier alpha value is -1.40. The number of hydrogen-bond acceptors (Lipinski definition) is 3. The smallest absolute Gasteiger partial charge is 0.0812 e. The van der Waals surface area contributed by atoms with Gasteiger partial charge in [0.25, 0.3) is 0 Å². The Labute approximate surface area is 93.2 Å². The third-order valence-electron chi connectivity index (χ3n) is 2.52. The summed E-state index contributed by atoms with van der Waals surface area (Å²) < 4.78 is 1.16. The standard InChI is InChI=1S/C12H12N2S/c1-8(2)10(6-13)9-3-4-11-12(5-9)15-7-14-11/h3-5,7-8,10H,1-2H3. The molecule has 3 heteroatoms. The van der Waals surface area contributed by atoms with E-state index in [9.17, 15) is 0 Å². The second-order valence-corrected chi connectivity index (χ2v) is 4.82. The van der Waals surface area contributed by atoms with Gasteiger partial charge in [0.15, 0.2) is 0 Å². The van der Waals surface area contributed by atoms with Crippen molar-refractivity contribution < 1.29 is 0 Å². The summed E-state index contributed by atoms with van der Waals surface area (Å²) in [6, 6.07) is 8.45. The number of nitriles is 1. The summed E-state index contributed by atoms with van der Waals surface area (Å²) in [5, 5.41) is 9.11. The molecule has 0 amide bonds. The van der Waals surface area contributed by atoms with E-state index < -0.39 is 0 Å². The van der Waals surface area contributed by atoms with Crippen LogP contribution in [0.15, 0.2) is 23.7 Å². The van der Waals surface area contributed by atoms with Crippen molar-refractivity contribution in [3.63, 3.8) is 0 Å². The molecule has 0 fully saturated rings. The van der Waals surface area contributed by atoms with Crippen LogP contribution in [0.1, 0.15) is 25.3 Å². The maximum absolute atomic E-state index is 9.11. The van der Waals surface area contributed by atoms with Gasteiger partial charge in [-0.25, -0.2) is 4.98 Å².